The summed E-state index contributed by atoms with van der Waals surface area (Å²) in [6.07, 6.45) is 9.11. The summed E-state index contributed by atoms with van der Waals surface area (Å²) in [4.78, 5) is 18.9. The molecule has 0 unspecified atom stereocenters. The van der Waals surface area contributed by atoms with E-state index < -0.39 is 0 Å². The van der Waals surface area contributed by atoms with Crippen molar-refractivity contribution in [2.75, 3.05) is 6.54 Å². The summed E-state index contributed by atoms with van der Waals surface area (Å²) in [5.74, 6) is 2.19. The molecule has 0 saturated carbocycles. The highest BCUT2D eigenvalue weighted by Crippen LogP contribution is 2.33. The van der Waals surface area contributed by atoms with Gasteiger partial charge in [-0.3, -0.25) is 4.79 Å². The Hall–Kier alpha value is -1.65. The molecular weight excluding hydrogens is 266 g/mol. The number of allylic oxidation sites excluding steroid dienone is 2. The average Bonchev–Trinajstić information content (AvgIpc) is 3.19. The first-order valence-corrected chi connectivity index (χ1v) is 7.94. The molecule has 0 radical (unpaired) electrons. The summed E-state index contributed by atoms with van der Waals surface area (Å²) in [6, 6.07) is -0.000803. The van der Waals surface area contributed by atoms with Gasteiger partial charge in [0, 0.05) is 18.9 Å². The highest BCUT2D eigenvalue weighted by Gasteiger charge is 2.34. The largest absolute Gasteiger partial charge is 0.339 e. The fourth-order valence-electron chi connectivity index (χ4n) is 3.16. The topological polar surface area (TPSA) is 59.2 Å². The van der Waals surface area contributed by atoms with Crippen LogP contribution in [0, 0.1) is 5.92 Å². The number of aromatic nitrogens is 2. The van der Waals surface area contributed by atoms with E-state index in [4.69, 9.17) is 4.52 Å². The number of rotatable bonds is 4. The SMILES string of the molecule is CC(C)c1nc([C@H]2CCCN2C(=O)C[C@H]2C=CCC2)no1. The van der Waals surface area contributed by atoms with Crippen molar-refractivity contribution in [1.82, 2.24) is 15.0 Å². The summed E-state index contributed by atoms with van der Waals surface area (Å²) in [5.41, 5.74) is 0. The summed E-state index contributed by atoms with van der Waals surface area (Å²) in [7, 11) is 0. The first-order valence-electron chi connectivity index (χ1n) is 7.94. The Kier molecular flexibility index (Phi) is 4.08. The van der Waals surface area contributed by atoms with E-state index in [1.807, 2.05) is 18.7 Å². The predicted molar refractivity (Wildman–Crippen MR) is 78.6 cm³/mol. The molecule has 1 aliphatic carbocycles. The van der Waals surface area contributed by atoms with Gasteiger partial charge < -0.3 is 9.42 Å². The second kappa shape index (κ2) is 6.00. The van der Waals surface area contributed by atoms with Crippen molar-refractivity contribution < 1.29 is 9.32 Å². The molecule has 1 saturated heterocycles. The molecule has 0 spiro atoms. The van der Waals surface area contributed by atoms with Crippen LogP contribution in [-0.4, -0.2) is 27.5 Å². The molecule has 1 amide bonds. The lowest BCUT2D eigenvalue weighted by Crippen LogP contribution is -2.32. The van der Waals surface area contributed by atoms with Crippen LogP contribution in [0.15, 0.2) is 16.7 Å². The molecule has 3 rings (SSSR count). The van der Waals surface area contributed by atoms with Gasteiger partial charge in [-0.2, -0.15) is 4.98 Å². The van der Waals surface area contributed by atoms with Crippen LogP contribution in [-0.2, 0) is 4.79 Å². The fourth-order valence-corrected chi connectivity index (χ4v) is 3.16. The number of carbonyl (C=O) groups excluding carboxylic acids is 1. The molecule has 1 aliphatic heterocycles. The average molecular weight is 289 g/mol. The lowest BCUT2D eigenvalue weighted by molar-refractivity contribution is -0.133. The van der Waals surface area contributed by atoms with E-state index in [1.165, 1.54) is 0 Å². The third-order valence-corrected chi connectivity index (χ3v) is 4.37. The van der Waals surface area contributed by atoms with Crippen molar-refractivity contribution in [2.45, 2.75) is 57.9 Å². The molecule has 21 heavy (non-hydrogen) atoms. The highest BCUT2D eigenvalue weighted by molar-refractivity contribution is 5.77. The maximum Gasteiger partial charge on any atom is 0.229 e. The van der Waals surface area contributed by atoms with E-state index in [2.05, 4.69) is 22.3 Å². The monoisotopic (exact) mass is 289 g/mol. The molecule has 1 fully saturated rings. The Morgan fingerprint density at radius 3 is 3.00 bits per heavy atom. The van der Waals surface area contributed by atoms with Crippen molar-refractivity contribution in [2.24, 2.45) is 5.92 Å². The molecule has 2 aliphatic rings. The van der Waals surface area contributed by atoms with Crippen LogP contribution in [0.5, 0.6) is 0 Å². The second-order valence-corrected chi connectivity index (χ2v) is 6.36. The van der Waals surface area contributed by atoms with Crippen LogP contribution in [0.4, 0.5) is 0 Å². The van der Waals surface area contributed by atoms with Crippen LogP contribution in [0.3, 0.4) is 0 Å². The van der Waals surface area contributed by atoms with Crippen molar-refractivity contribution in [3.63, 3.8) is 0 Å². The number of carbonyl (C=O) groups is 1. The van der Waals surface area contributed by atoms with Crippen LogP contribution in [0.1, 0.15) is 69.6 Å². The van der Waals surface area contributed by atoms with Gasteiger partial charge in [0.05, 0.1) is 6.04 Å². The molecule has 0 aromatic carbocycles. The van der Waals surface area contributed by atoms with Crippen molar-refractivity contribution in [1.29, 1.82) is 0 Å². The smallest absolute Gasteiger partial charge is 0.229 e. The third-order valence-electron chi connectivity index (χ3n) is 4.37. The molecule has 1 aromatic rings. The van der Waals surface area contributed by atoms with Crippen molar-refractivity contribution >= 4 is 5.91 Å². The summed E-state index contributed by atoms with van der Waals surface area (Å²) in [6.45, 7) is 4.87. The normalized spacial score (nSPS) is 25.2. The van der Waals surface area contributed by atoms with Crippen molar-refractivity contribution in [3.05, 3.63) is 23.9 Å². The number of likely N-dealkylation sites (tertiary alicyclic amines) is 1. The number of hydrogen-bond acceptors (Lipinski definition) is 4. The summed E-state index contributed by atoms with van der Waals surface area (Å²) < 4.78 is 5.29. The first kappa shape index (κ1) is 14.3. The van der Waals surface area contributed by atoms with Gasteiger partial charge in [0.25, 0.3) is 0 Å². The van der Waals surface area contributed by atoms with Gasteiger partial charge in [-0.15, -0.1) is 0 Å². The minimum Gasteiger partial charge on any atom is -0.339 e. The van der Waals surface area contributed by atoms with Crippen LogP contribution in [0.25, 0.3) is 0 Å². The molecule has 0 N–H and O–H groups in total. The zero-order valence-electron chi connectivity index (χ0n) is 12.8. The van der Waals surface area contributed by atoms with Gasteiger partial charge >= 0.3 is 0 Å². The van der Waals surface area contributed by atoms with Gasteiger partial charge in [-0.1, -0.05) is 31.2 Å². The van der Waals surface area contributed by atoms with Gasteiger partial charge in [0.1, 0.15) is 0 Å². The van der Waals surface area contributed by atoms with E-state index in [-0.39, 0.29) is 17.9 Å². The van der Waals surface area contributed by atoms with E-state index in [9.17, 15) is 4.79 Å². The minimum absolute atomic E-state index is 0.000803. The second-order valence-electron chi connectivity index (χ2n) is 6.36. The van der Waals surface area contributed by atoms with Gasteiger partial charge in [0.15, 0.2) is 5.82 Å². The molecule has 114 valence electrons. The minimum atomic E-state index is -0.000803. The fraction of sp³-hybridized carbons (Fsp3) is 0.688. The zero-order valence-corrected chi connectivity index (χ0v) is 12.8. The maximum absolute atomic E-state index is 12.5. The van der Waals surface area contributed by atoms with E-state index in [0.29, 0.717) is 24.1 Å². The van der Waals surface area contributed by atoms with Gasteiger partial charge in [0.2, 0.25) is 11.8 Å². The maximum atomic E-state index is 12.5. The highest BCUT2D eigenvalue weighted by atomic mass is 16.5. The first-order chi connectivity index (χ1) is 10.1. The van der Waals surface area contributed by atoms with E-state index >= 15 is 0 Å². The zero-order chi connectivity index (χ0) is 14.8. The van der Waals surface area contributed by atoms with Crippen LogP contribution < -0.4 is 0 Å². The van der Waals surface area contributed by atoms with Crippen LogP contribution in [0.2, 0.25) is 0 Å². The van der Waals surface area contributed by atoms with Crippen LogP contribution >= 0.6 is 0 Å². The Morgan fingerprint density at radius 1 is 1.48 bits per heavy atom. The van der Waals surface area contributed by atoms with Gasteiger partial charge in [-0.05, 0) is 31.6 Å². The Labute approximate surface area is 125 Å². The Morgan fingerprint density at radius 2 is 2.33 bits per heavy atom. The lowest BCUT2D eigenvalue weighted by Gasteiger charge is -2.23. The molecule has 1 aromatic heterocycles. The van der Waals surface area contributed by atoms with E-state index in [0.717, 1.165) is 32.2 Å². The van der Waals surface area contributed by atoms with Gasteiger partial charge in [-0.25, -0.2) is 0 Å². The molecule has 2 atom stereocenters. The molecule has 5 nitrogen and oxygen atoms in total. The molecular formula is C16H23N3O2. The standard InChI is InChI=1S/C16H23N3O2/c1-11(2)16-17-15(18-21-16)13-8-5-9-19(13)14(20)10-12-6-3-4-7-12/h3,6,11-13H,4-5,7-10H2,1-2H3/t12-,13+/m0/s1. The van der Waals surface area contributed by atoms with E-state index in [1.54, 1.807) is 0 Å². The lowest BCUT2D eigenvalue weighted by atomic mass is 10.0. The number of nitrogens with zero attached hydrogens (tertiary/aromatic N) is 3. The quantitative estimate of drug-likeness (QED) is 0.799. The Bertz CT molecular complexity index is 535. The molecule has 0 bridgehead atoms. The molecule has 5 heteroatoms. The number of amides is 1. The third kappa shape index (κ3) is 3.01. The molecule has 2 heterocycles. The van der Waals surface area contributed by atoms with Crippen molar-refractivity contribution in [3.8, 4) is 0 Å². The summed E-state index contributed by atoms with van der Waals surface area (Å²) >= 11 is 0. The Balaban J connectivity index is 1.69. The number of hydrogen-bond donors (Lipinski definition) is 0. The predicted octanol–water partition coefficient (Wildman–Crippen LogP) is 3.21. The summed E-state index contributed by atoms with van der Waals surface area (Å²) in [5, 5.41) is 4.09.